The first-order valence-electron chi connectivity index (χ1n) is 30.2. The van der Waals surface area contributed by atoms with Crippen LogP contribution in [-0.4, -0.2) is 127 Å². The molecule has 6 aromatic carbocycles. The minimum absolute atomic E-state index is 0.131. The summed E-state index contributed by atoms with van der Waals surface area (Å²) >= 11 is 0. The molecule has 6 N–H and O–H groups in total. The number of nitrogens with zero attached hydrogens (tertiary/aromatic N) is 10. The van der Waals surface area contributed by atoms with E-state index in [9.17, 15) is 45.5 Å². The highest BCUT2D eigenvalue weighted by molar-refractivity contribution is 6.09. The molecule has 12 rings (SSSR count). The molecule has 2 aromatic heterocycles. The summed E-state index contributed by atoms with van der Waals surface area (Å²) in [7, 11) is 3.26. The number of hydrogen-bond acceptors (Lipinski definition) is 14. The molecule has 0 spiro atoms. The van der Waals surface area contributed by atoms with Crippen molar-refractivity contribution in [2.75, 3.05) is 114 Å². The predicted octanol–water partition coefficient (Wildman–Crippen LogP) is 11.6. The molecule has 482 valence electrons. The third kappa shape index (κ3) is 15.7. The van der Waals surface area contributed by atoms with Gasteiger partial charge in [-0.2, -0.15) is 36.3 Å². The van der Waals surface area contributed by atoms with Crippen LogP contribution in [-0.2, 0) is 38.4 Å². The maximum atomic E-state index is 13.6. The zero-order chi connectivity index (χ0) is 65.6. The number of benzene rings is 6. The minimum atomic E-state index is -4.57. The third-order valence-electron chi connectivity index (χ3n) is 16.4. The minimum Gasteiger partial charge on any atom is -0.324 e. The molecule has 0 radical (unpaired) electrons. The highest BCUT2D eigenvalue weighted by Gasteiger charge is 2.35. The average molecular weight is 1280 g/mol. The van der Waals surface area contributed by atoms with Crippen LogP contribution in [0.1, 0.15) is 65.2 Å². The number of carbonyl (C=O) groups excluding carboxylic acids is 4. The number of piperazine rings is 2. The van der Waals surface area contributed by atoms with Crippen molar-refractivity contribution in [1.29, 1.82) is 0 Å². The van der Waals surface area contributed by atoms with Gasteiger partial charge in [0.15, 0.2) is 0 Å². The Balaban J connectivity index is 0.000000190. The lowest BCUT2D eigenvalue weighted by molar-refractivity contribution is -0.138. The van der Waals surface area contributed by atoms with Crippen molar-refractivity contribution < 1.29 is 45.5 Å². The highest BCUT2D eigenvalue weighted by atomic mass is 19.4. The number of fused-ring (bicyclic) bond motifs is 2. The molecule has 4 aliphatic rings. The molecule has 20 nitrogen and oxygen atoms in total. The summed E-state index contributed by atoms with van der Waals surface area (Å²) < 4.78 is 78.9. The van der Waals surface area contributed by atoms with Gasteiger partial charge in [-0.1, -0.05) is 48.5 Å². The maximum absolute atomic E-state index is 13.6. The van der Waals surface area contributed by atoms with Gasteiger partial charge in [-0.15, -0.1) is 0 Å². The quantitative estimate of drug-likeness (QED) is 0.0528. The van der Waals surface area contributed by atoms with Crippen LogP contribution in [0, 0.1) is 13.8 Å². The Morgan fingerprint density at radius 3 is 1.45 bits per heavy atom. The first-order valence-corrected chi connectivity index (χ1v) is 30.2. The second kappa shape index (κ2) is 27.8. The number of rotatable bonds is 15. The summed E-state index contributed by atoms with van der Waals surface area (Å²) in [4.78, 5) is 82.0. The fourth-order valence-corrected chi connectivity index (χ4v) is 11.3. The molecule has 93 heavy (non-hydrogen) atoms. The lowest BCUT2D eigenvalue weighted by atomic mass is 10.1. The van der Waals surface area contributed by atoms with Gasteiger partial charge in [0.05, 0.1) is 35.6 Å². The average Bonchev–Trinajstić information content (AvgIpc) is 0.806. The van der Waals surface area contributed by atoms with E-state index in [0.717, 1.165) is 130 Å². The normalized spacial score (nSPS) is 15.4. The van der Waals surface area contributed by atoms with Crippen molar-refractivity contribution in [2.24, 2.45) is 0 Å². The number of carbonyl (C=O) groups is 4. The molecule has 0 saturated carbocycles. The summed E-state index contributed by atoms with van der Waals surface area (Å²) in [5.74, 6) is 0.278. The van der Waals surface area contributed by atoms with E-state index >= 15 is 0 Å². The summed E-state index contributed by atoms with van der Waals surface area (Å²) in [6.07, 6.45) is -4.80. The van der Waals surface area contributed by atoms with Gasteiger partial charge in [0.25, 0.3) is 11.8 Å². The van der Waals surface area contributed by atoms with Crippen LogP contribution in [0.4, 0.5) is 93.6 Å². The fraction of sp³-hybridized carbons (Fsp3) is 0.284. The molecular formula is C67H68F6N16O4. The molecular weight excluding hydrogens is 1210 g/mol. The van der Waals surface area contributed by atoms with Gasteiger partial charge in [0.1, 0.15) is 11.6 Å². The Morgan fingerprint density at radius 2 is 0.968 bits per heavy atom. The number of aromatic nitrogens is 4. The molecule has 6 amide bonds. The molecule has 0 aliphatic carbocycles. The van der Waals surface area contributed by atoms with E-state index in [1.165, 1.54) is 45.2 Å². The number of amides is 6. The number of hydrogen-bond donors (Lipinski definition) is 6. The number of urea groups is 2. The molecule has 26 heteroatoms. The SMILES string of the molecule is Cc1ccc(NC(=O)c2cccc(C(F)(F)F)c2)cc1N1Cc2cnc(Nc3ccc(CCN4CCNCC4)cc3)nc2N(C)C1=O.Cc1ccc(NC(=O)c2cccc(C(F)(F)F)c2)cc1N1Cc2cnc(Nc3cccc(CN4CCNCC4)c3)nc2N(C)C1=O. The third-order valence-corrected chi connectivity index (χ3v) is 16.4. The van der Waals surface area contributed by atoms with Gasteiger partial charge >= 0.3 is 24.4 Å². The van der Waals surface area contributed by atoms with Crippen molar-refractivity contribution in [3.63, 3.8) is 0 Å². The molecule has 0 bridgehead atoms. The topological polar surface area (TPSA) is 211 Å². The number of anilines is 10. The Hall–Kier alpha value is -10.0. The van der Waals surface area contributed by atoms with Crippen molar-refractivity contribution in [3.8, 4) is 0 Å². The van der Waals surface area contributed by atoms with Crippen LogP contribution >= 0.6 is 0 Å². The predicted molar refractivity (Wildman–Crippen MR) is 346 cm³/mol. The van der Waals surface area contributed by atoms with Gasteiger partial charge < -0.3 is 36.8 Å². The van der Waals surface area contributed by atoms with E-state index in [1.807, 2.05) is 38.1 Å². The Bertz CT molecular complexity index is 4070. The van der Waals surface area contributed by atoms with Crippen molar-refractivity contribution >= 4 is 81.5 Å². The number of aryl methyl sites for hydroxylation is 2. The van der Waals surface area contributed by atoms with Crippen LogP contribution in [0.15, 0.2) is 146 Å². The van der Waals surface area contributed by atoms with Gasteiger partial charge in [0, 0.05) is 137 Å². The standard InChI is InChI=1S/C34H35F3N8O2.C33H33F3N8O2/c1-22-6-9-28(40-31(46)24-4-3-5-26(18-24)34(35,36)37)19-29(22)45-21-25-20-39-32(42-30(25)43(2)33(45)47)41-27-10-7-23(8-11-27)12-15-44-16-13-38-14-17-44;1-21-9-10-27(39-30(45)23-6-4-7-25(16-23)33(34,35)36)17-28(21)44-20-24-18-38-31(41-29(24)42(2)32(44)46)40-26-8-3-5-22(15-26)19-43-13-11-37-12-14-43/h3-11,18-20,38H,12-17,21H2,1-2H3,(H,40,46)(H,39,41,42);3-10,15-18,37H,11-14,19-20H2,1-2H3,(H,39,45)(H,38,40,41). The van der Waals surface area contributed by atoms with E-state index in [2.05, 4.69) is 85.9 Å². The van der Waals surface area contributed by atoms with Crippen molar-refractivity contribution in [3.05, 3.63) is 201 Å². The summed E-state index contributed by atoms with van der Waals surface area (Å²) in [6.45, 7) is 14.1. The molecule has 0 atom stereocenters. The summed E-state index contributed by atoms with van der Waals surface area (Å²) in [6, 6.07) is 34.0. The number of halogens is 6. The zero-order valence-electron chi connectivity index (χ0n) is 51.4. The summed E-state index contributed by atoms with van der Waals surface area (Å²) in [5, 5.41) is 18.5. The van der Waals surface area contributed by atoms with Gasteiger partial charge in [0.2, 0.25) is 11.9 Å². The van der Waals surface area contributed by atoms with Gasteiger partial charge in [-0.25, -0.2) is 19.6 Å². The Kier molecular flexibility index (Phi) is 19.3. The Labute approximate surface area is 533 Å². The summed E-state index contributed by atoms with van der Waals surface area (Å²) in [5.41, 5.74) is 6.73. The monoisotopic (exact) mass is 1270 g/mol. The number of alkyl halides is 6. The van der Waals surface area contributed by atoms with Crippen molar-refractivity contribution in [2.45, 2.75) is 52.3 Å². The molecule has 0 unspecified atom stereocenters. The van der Waals surface area contributed by atoms with E-state index in [-0.39, 0.29) is 36.3 Å². The number of nitrogens with one attached hydrogen (secondary N) is 6. The largest absolute Gasteiger partial charge is 0.416 e. The van der Waals surface area contributed by atoms with Crippen LogP contribution in [0.25, 0.3) is 0 Å². The molecule has 4 aliphatic heterocycles. The van der Waals surface area contributed by atoms with E-state index in [1.54, 1.807) is 72.7 Å². The molecule has 8 aromatic rings. The Morgan fingerprint density at radius 1 is 0.516 bits per heavy atom. The van der Waals surface area contributed by atoms with Gasteiger partial charge in [-0.05, 0) is 127 Å². The van der Waals surface area contributed by atoms with E-state index < -0.39 is 35.3 Å². The highest BCUT2D eigenvalue weighted by Crippen LogP contribution is 2.37. The van der Waals surface area contributed by atoms with Crippen LogP contribution < -0.4 is 51.5 Å². The lowest BCUT2D eigenvalue weighted by Gasteiger charge is -2.35. The van der Waals surface area contributed by atoms with Crippen molar-refractivity contribution in [1.82, 2.24) is 40.4 Å². The molecule has 2 saturated heterocycles. The lowest BCUT2D eigenvalue weighted by Crippen LogP contribution is -2.46. The fourth-order valence-electron chi connectivity index (χ4n) is 11.3. The van der Waals surface area contributed by atoms with Gasteiger partial charge in [-0.3, -0.25) is 34.1 Å². The van der Waals surface area contributed by atoms with Crippen LogP contribution in [0.2, 0.25) is 0 Å². The molecule has 6 heterocycles. The van der Waals surface area contributed by atoms with Crippen LogP contribution in [0.3, 0.4) is 0 Å². The first-order chi connectivity index (χ1) is 44.6. The second-order valence-electron chi connectivity index (χ2n) is 23.0. The maximum Gasteiger partial charge on any atom is 0.416 e. The first kappa shape index (κ1) is 64.5. The smallest absolute Gasteiger partial charge is 0.324 e. The van der Waals surface area contributed by atoms with E-state index in [0.29, 0.717) is 46.3 Å². The molecule has 2 fully saturated rings. The van der Waals surface area contributed by atoms with Crippen LogP contribution in [0.5, 0.6) is 0 Å². The van der Waals surface area contributed by atoms with E-state index in [4.69, 9.17) is 0 Å². The zero-order valence-corrected chi connectivity index (χ0v) is 51.4. The second-order valence-corrected chi connectivity index (χ2v) is 23.0.